The van der Waals surface area contributed by atoms with Crippen LogP contribution in [0.3, 0.4) is 0 Å². The van der Waals surface area contributed by atoms with E-state index in [-0.39, 0.29) is 11.9 Å². The number of hydrogen-bond donors (Lipinski definition) is 1. The number of anilines is 1. The largest absolute Gasteiger partial charge is 0.353 e. The summed E-state index contributed by atoms with van der Waals surface area (Å²) in [4.78, 5) is 23.2. The molecule has 2 fully saturated rings. The van der Waals surface area contributed by atoms with Crippen LogP contribution >= 0.6 is 0 Å². The molecule has 6 nitrogen and oxygen atoms in total. The van der Waals surface area contributed by atoms with E-state index in [4.69, 9.17) is 5.26 Å². The molecule has 1 aromatic heterocycles. The van der Waals surface area contributed by atoms with Crippen molar-refractivity contribution in [1.29, 1.82) is 5.26 Å². The molecule has 0 aromatic carbocycles. The molecular weight excluding hydrogens is 290 g/mol. The molecule has 6 heteroatoms. The molecule has 1 atom stereocenters. The highest BCUT2D eigenvalue weighted by atomic mass is 16.2. The first-order valence-electron chi connectivity index (χ1n) is 8.47. The van der Waals surface area contributed by atoms with Gasteiger partial charge in [0.2, 0.25) is 11.9 Å². The van der Waals surface area contributed by atoms with Crippen molar-refractivity contribution in [3.05, 3.63) is 17.5 Å². The number of aromatic nitrogens is 2. The van der Waals surface area contributed by atoms with Gasteiger partial charge in [0.1, 0.15) is 17.8 Å². The van der Waals surface area contributed by atoms with E-state index < -0.39 is 0 Å². The maximum Gasteiger partial charge on any atom is 0.242 e. The Balaban J connectivity index is 1.84. The Morgan fingerprint density at radius 2 is 2.13 bits per heavy atom. The summed E-state index contributed by atoms with van der Waals surface area (Å²) in [5.74, 6) is 1.17. The van der Waals surface area contributed by atoms with Crippen LogP contribution in [0.1, 0.15) is 49.9 Å². The second-order valence-corrected chi connectivity index (χ2v) is 6.55. The van der Waals surface area contributed by atoms with Gasteiger partial charge in [0, 0.05) is 18.8 Å². The Morgan fingerprint density at radius 1 is 1.35 bits per heavy atom. The van der Waals surface area contributed by atoms with Crippen LogP contribution in [0.5, 0.6) is 0 Å². The maximum atomic E-state index is 12.4. The summed E-state index contributed by atoms with van der Waals surface area (Å²) in [5.41, 5.74) is 1.11. The van der Waals surface area contributed by atoms with Crippen molar-refractivity contribution in [2.45, 2.75) is 51.5 Å². The van der Waals surface area contributed by atoms with Crippen molar-refractivity contribution in [3.8, 4) is 6.07 Å². The lowest BCUT2D eigenvalue weighted by Gasteiger charge is -2.37. The molecule has 1 saturated heterocycles. The van der Waals surface area contributed by atoms with Crippen LogP contribution in [-0.2, 0) is 4.79 Å². The number of nitrogens with one attached hydrogen (secondary N) is 1. The Kier molecular flexibility index (Phi) is 4.75. The molecule has 1 saturated carbocycles. The van der Waals surface area contributed by atoms with E-state index in [2.05, 4.69) is 21.4 Å². The molecule has 1 amide bonds. The van der Waals surface area contributed by atoms with E-state index in [9.17, 15) is 4.79 Å². The number of carbonyl (C=O) groups is 1. The topological polar surface area (TPSA) is 81.9 Å². The predicted molar refractivity (Wildman–Crippen MR) is 86.8 cm³/mol. The number of aryl methyl sites for hydroxylation is 1. The first-order chi connectivity index (χ1) is 11.2. The lowest BCUT2D eigenvalue weighted by molar-refractivity contribution is -0.123. The second-order valence-electron chi connectivity index (χ2n) is 6.55. The van der Waals surface area contributed by atoms with Crippen molar-refractivity contribution in [2.24, 2.45) is 5.92 Å². The number of nitriles is 1. The first kappa shape index (κ1) is 15.7. The zero-order valence-electron chi connectivity index (χ0n) is 13.6. The molecule has 3 rings (SSSR count). The van der Waals surface area contributed by atoms with Crippen LogP contribution in [0.4, 0.5) is 5.95 Å². The van der Waals surface area contributed by atoms with E-state index in [1.807, 2.05) is 11.8 Å². The third-order valence-electron chi connectivity index (χ3n) is 4.83. The normalized spacial score (nSPS) is 22.5. The molecular formula is C17H23N5O. The molecule has 1 aliphatic carbocycles. The summed E-state index contributed by atoms with van der Waals surface area (Å²) in [6, 6.07) is 3.52. The van der Waals surface area contributed by atoms with Crippen LogP contribution < -0.4 is 10.2 Å². The van der Waals surface area contributed by atoms with Gasteiger partial charge in [-0.3, -0.25) is 4.79 Å². The Hall–Kier alpha value is -2.16. The zero-order valence-corrected chi connectivity index (χ0v) is 13.6. The summed E-state index contributed by atoms with van der Waals surface area (Å²) in [5, 5.41) is 12.1. The van der Waals surface area contributed by atoms with Crippen LogP contribution in [0.25, 0.3) is 0 Å². The van der Waals surface area contributed by atoms with Crippen LogP contribution in [0, 0.1) is 24.2 Å². The standard InChI is InChI=1S/C17H23N5O/c1-12-9-14(11-18)21-17(20-12)22-8-7-19-16(23)15(22)10-13-5-3-2-4-6-13/h9,13,15H,2-8,10H2,1H3,(H,19,23). The number of piperazine rings is 1. The Morgan fingerprint density at radius 3 is 2.87 bits per heavy atom. The fraction of sp³-hybridized carbons (Fsp3) is 0.647. The third-order valence-corrected chi connectivity index (χ3v) is 4.83. The Bertz CT molecular complexity index is 618. The van der Waals surface area contributed by atoms with Crippen molar-refractivity contribution in [1.82, 2.24) is 15.3 Å². The molecule has 0 spiro atoms. The smallest absolute Gasteiger partial charge is 0.242 e. The molecule has 1 N–H and O–H groups in total. The SMILES string of the molecule is Cc1cc(C#N)nc(N2CCNC(=O)C2CC2CCCCC2)n1. The Labute approximate surface area is 136 Å². The number of hydrogen-bond acceptors (Lipinski definition) is 5. The van der Waals surface area contributed by atoms with Crippen molar-refractivity contribution >= 4 is 11.9 Å². The quantitative estimate of drug-likeness (QED) is 0.922. The first-order valence-corrected chi connectivity index (χ1v) is 8.47. The lowest BCUT2D eigenvalue weighted by Crippen LogP contribution is -2.56. The van der Waals surface area contributed by atoms with Gasteiger partial charge in [-0.05, 0) is 25.3 Å². The van der Waals surface area contributed by atoms with E-state index in [1.165, 1.54) is 32.1 Å². The van der Waals surface area contributed by atoms with E-state index in [1.54, 1.807) is 6.07 Å². The second kappa shape index (κ2) is 6.95. The van der Waals surface area contributed by atoms with Crippen LogP contribution in [0.2, 0.25) is 0 Å². The van der Waals surface area contributed by atoms with E-state index >= 15 is 0 Å². The highest BCUT2D eigenvalue weighted by Gasteiger charge is 2.34. The van der Waals surface area contributed by atoms with Gasteiger partial charge in [0.05, 0.1) is 0 Å². The summed E-state index contributed by atoms with van der Waals surface area (Å²) in [7, 11) is 0. The minimum absolute atomic E-state index is 0.0606. The van der Waals surface area contributed by atoms with Gasteiger partial charge >= 0.3 is 0 Å². The average molecular weight is 313 g/mol. The molecule has 0 radical (unpaired) electrons. The monoisotopic (exact) mass is 313 g/mol. The summed E-state index contributed by atoms with van der Waals surface area (Å²) in [6.07, 6.45) is 7.09. The van der Waals surface area contributed by atoms with Crippen LogP contribution in [0.15, 0.2) is 6.07 Å². The van der Waals surface area contributed by atoms with Gasteiger partial charge in [0.15, 0.2) is 0 Å². The fourth-order valence-corrected chi connectivity index (χ4v) is 3.67. The van der Waals surface area contributed by atoms with Gasteiger partial charge in [-0.15, -0.1) is 0 Å². The molecule has 23 heavy (non-hydrogen) atoms. The highest BCUT2D eigenvalue weighted by molar-refractivity contribution is 5.86. The summed E-state index contributed by atoms with van der Waals surface area (Å²) in [6.45, 7) is 3.14. The molecule has 1 unspecified atom stereocenters. The summed E-state index contributed by atoms with van der Waals surface area (Å²) >= 11 is 0. The molecule has 2 heterocycles. The fourth-order valence-electron chi connectivity index (χ4n) is 3.67. The van der Waals surface area contributed by atoms with Crippen molar-refractivity contribution in [3.63, 3.8) is 0 Å². The zero-order chi connectivity index (χ0) is 16.2. The van der Waals surface area contributed by atoms with Gasteiger partial charge in [0.25, 0.3) is 0 Å². The summed E-state index contributed by atoms with van der Waals surface area (Å²) < 4.78 is 0. The van der Waals surface area contributed by atoms with E-state index in [0.717, 1.165) is 12.1 Å². The molecule has 0 bridgehead atoms. The molecule has 1 aromatic rings. The van der Waals surface area contributed by atoms with Gasteiger partial charge in [-0.1, -0.05) is 32.1 Å². The number of rotatable bonds is 3. The number of nitrogens with zero attached hydrogens (tertiary/aromatic N) is 4. The average Bonchev–Trinajstić information content (AvgIpc) is 2.57. The predicted octanol–water partition coefficient (Wildman–Crippen LogP) is 1.93. The maximum absolute atomic E-state index is 12.4. The van der Waals surface area contributed by atoms with Crippen molar-refractivity contribution in [2.75, 3.05) is 18.0 Å². The lowest BCUT2D eigenvalue weighted by atomic mass is 9.84. The van der Waals surface area contributed by atoms with Gasteiger partial charge in [-0.25, -0.2) is 9.97 Å². The van der Waals surface area contributed by atoms with Gasteiger partial charge < -0.3 is 10.2 Å². The minimum atomic E-state index is -0.222. The molecule has 2 aliphatic rings. The number of amides is 1. The minimum Gasteiger partial charge on any atom is -0.353 e. The highest BCUT2D eigenvalue weighted by Crippen LogP contribution is 2.30. The molecule has 1 aliphatic heterocycles. The number of carbonyl (C=O) groups excluding carboxylic acids is 1. The molecule has 122 valence electrons. The van der Waals surface area contributed by atoms with E-state index in [0.29, 0.717) is 30.6 Å². The third kappa shape index (κ3) is 3.61. The van der Waals surface area contributed by atoms with Crippen molar-refractivity contribution < 1.29 is 4.79 Å². The van der Waals surface area contributed by atoms with Crippen LogP contribution in [-0.4, -0.2) is 35.0 Å². The van der Waals surface area contributed by atoms with Gasteiger partial charge in [-0.2, -0.15) is 5.26 Å².